The molecular formula is C65H110O6. The Morgan fingerprint density at radius 2 is 0.549 bits per heavy atom. The van der Waals surface area contributed by atoms with Crippen molar-refractivity contribution < 1.29 is 28.6 Å². The van der Waals surface area contributed by atoms with Gasteiger partial charge in [0.25, 0.3) is 0 Å². The minimum Gasteiger partial charge on any atom is -0.462 e. The van der Waals surface area contributed by atoms with Gasteiger partial charge in [-0.2, -0.15) is 0 Å². The van der Waals surface area contributed by atoms with E-state index in [1.165, 1.54) is 128 Å². The Bertz CT molecular complexity index is 1410. The van der Waals surface area contributed by atoms with Gasteiger partial charge in [0, 0.05) is 19.3 Å². The Kier molecular flexibility index (Phi) is 55.9. The Labute approximate surface area is 438 Å². The molecule has 0 heterocycles. The Hall–Kier alpha value is -3.67. The monoisotopic (exact) mass is 987 g/mol. The van der Waals surface area contributed by atoms with Crippen LogP contribution in [-0.4, -0.2) is 37.2 Å². The van der Waals surface area contributed by atoms with Gasteiger partial charge in [0.15, 0.2) is 6.10 Å². The van der Waals surface area contributed by atoms with Crippen LogP contribution < -0.4 is 0 Å². The second kappa shape index (κ2) is 58.9. The Morgan fingerprint density at radius 1 is 0.296 bits per heavy atom. The van der Waals surface area contributed by atoms with E-state index in [0.29, 0.717) is 19.3 Å². The van der Waals surface area contributed by atoms with Gasteiger partial charge in [-0.05, 0) is 96.3 Å². The van der Waals surface area contributed by atoms with Crippen LogP contribution in [0.3, 0.4) is 0 Å². The zero-order valence-corrected chi connectivity index (χ0v) is 46.5. The van der Waals surface area contributed by atoms with E-state index in [4.69, 9.17) is 14.2 Å². The Morgan fingerprint density at radius 3 is 0.887 bits per heavy atom. The molecule has 0 aliphatic rings. The van der Waals surface area contributed by atoms with E-state index < -0.39 is 6.10 Å². The molecule has 0 aromatic heterocycles. The summed E-state index contributed by atoms with van der Waals surface area (Å²) in [5.74, 6) is -0.933. The summed E-state index contributed by atoms with van der Waals surface area (Å²) in [7, 11) is 0. The molecule has 406 valence electrons. The fourth-order valence-corrected chi connectivity index (χ4v) is 8.19. The molecule has 1 unspecified atom stereocenters. The maximum absolute atomic E-state index is 12.8. The highest BCUT2D eigenvalue weighted by Crippen LogP contribution is 2.16. The number of hydrogen-bond donors (Lipinski definition) is 0. The molecule has 0 aromatic rings. The SMILES string of the molecule is CC/C=C\C/C=C\C/C=C\C/C=C\CCCCCCCCCCCCC(=O)OCC(COC(=O)CCCCCCCCCCCCCCCCC)OC(=O)CCCC/C=C\C/C=C\C/C=C\C/C=C\CC. The zero-order chi connectivity index (χ0) is 51.4. The van der Waals surface area contributed by atoms with E-state index in [0.717, 1.165) is 103 Å². The minimum atomic E-state index is -0.800. The smallest absolute Gasteiger partial charge is 0.306 e. The van der Waals surface area contributed by atoms with Crippen molar-refractivity contribution in [3.05, 3.63) is 97.2 Å². The van der Waals surface area contributed by atoms with Crippen molar-refractivity contribution in [3.8, 4) is 0 Å². The average Bonchev–Trinajstić information content (AvgIpc) is 3.37. The molecule has 0 aromatic carbocycles. The van der Waals surface area contributed by atoms with Crippen molar-refractivity contribution in [2.45, 2.75) is 284 Å². The third-order valence-corrected chi connectivity index (χ3v) is 12.6. The molecule has 0 bridgehead atoms. The highest BCUT2D eigenvalue weighted by molar-refractivity contribution is 5.71. The van der Waals surface area contributed by atoms with Crippen LogP contribution >= 0.6 is 0 Å². The van der Waals surface area contributed by atoms with E-state index >= 15 is 0 Å². The number of unbranched alkanes of at least 4 members (excludes halogenated alkanes) is 26. The largest absolute Gasteiger partial charge is 0.462 e. The zero-order valence-electron chi connectivity index (χ0n) is 46.5. The first kappa shape index (κ1) is 67.3. The van der Waals surface area contributed by atoms with Gasteiger partial charge in [0.05, 0.1) is 0 Å². The number of allylic oxidation sites excluding steroid dienone is 16. The van der Waals surface area contributed by atoms with Crippen LogP contribution in [0.2, 0.25) is 0 Å². The molecule has 0 radical (unpaired) electrons. The number of rotatable bonds is 53. The molecular weight excluding hydrogens is 877 g/mol. The lowest BCUT2D eigenvalue weighted by Crippen LogP contribution is -2.30. The van der Waals surface area contributed by atoms with Crippen LogP contribution in [0.25, 0.3) is 0 Å². The van der Waals surface area contributed by atoms with Crippen molar-refractivity contribution in [2.75, 3.05) is 13.2 Å². The third-order valence-electron chi connectivity index (χ3n) is 12.6. The van der Waals surface area contributed by atoms with Gasteiger partial charge in [-0.3, -0.25) is 14.4 Å². The summed E-state index contributed by atoms with van der Waals surface area (Å²) in [5, 5.41) is 0. The summed E-state index contributed by atoms with van der Waals surface area (Å²) in [6, 6.07) is 0. The van der Waals surface area contributed by atoms with Crippen molar-refractivity contribution in [1.29, 1.82) is 0 Å². The lowest BCUT2D eigenvalue weighted by Gasteiger charge is -2.18. The van der Waals surface area contributed by atoms with Crippen molar-refractivity contribution >= 4 is 17.9 Å². The third kappa shape index (κ3) is 57.1. The molecule has 6 nitrogen and oxygen atoms in total. The van der Waals surface area contributed by atoms with Crippen LogP contribution in [0, 0.1) is 0 Å². The van der Waals surface area contributed by atoms with Gasteiger partial charge < -0.3 is 14.2 Å². The molecule has 0 spiro atoms. The van der Waals surface area contributed by atoms with Crippen LogP contribution in [0.5, 0.6) is 0 Å². The summed E-state index contributed by atoms with van der Waals surface area (Å²) in [6.07, 6.45) is 78.3. The molecule has 0 N–H and O–H groups in total. The summed E-state index contributed by atoms with van der Waals surface area (Å²) >= 11 is 0. The summed E-state index contributed by atoms with van der Waals surface area (Å²) in [6.45, 7) is 6.39. The fourth-order valence-electron chi connectivity index (χ4n) is 8.19. The number of carbonyl (C=O) groups is 3. The van der Waals surface area contributed by atoms with E-state index in [2.05, 4.69) is 118 Å². The minimum absolute atomic E-state index is 0.0934. The van der Waals surface area contributed by atoms with Crippen molar-refractivity contribution in [1.82, 2.24) is 0 Å². The molecule has 6 heteroatoms. The predicted molar refractivity (Wildman–Crippen MR) is 307 cm³/mol. The predicted octanol–water partition coefficient (Wildman–Crippen LogP) is 20.1. The van der Waals surface area contributed by atoms with E-state index in [-0.39, 0.29) is 37.5 Å². The molecule has 0 fully saturated rings. The quantitative estimate of drug-likeness (QED) is 0.0261. The number of carbonyl (C=O) groups excluding carboxylic acids is 3. The summed E-state index contributed by atoms with van der Waals surface area (Å²) in [5.41, 5.74) is 0. The van der Waals surface area contributed by atoms with Gasteiger partial charge in [-0.1, -0.05) is 259 Å². The maximum atomic E-state index is 12.8. The topological polar surface area (TPSA) is 78.9 Å². The maximum Gasteiger partial charge on any atom is 0.306 e. The fraction of sp³-hybridized carbons (Fsp3) is 0.708. The molecule has 0 amide bonds. The van der Waals surface area contributed by atoms with Gasteiger partial charge in [0.1, 0.15) is 13.2 Å². The molecule has 0 aliphatic carbocycles. The number of ether oxygens (including phenoxy) is 3. The Balaban J connectivity index is 4.38. The van der Waals surface area contributed by atoms with Gasteiger partial charge in [0.2, 0.25) is 0 Å². The normalized spacial score (nSPS) is 12.8. The number of esters is 3. The van der Waals surface area contributed by atoms with Gasteiger partial charge in [-0.25, -0.2) is 0 Å². The molecule has 0 aliphatic heterocycles. The second-order valence-corrected chi connectivity index (χ2v) is 19.5. The average molecular weight is 988 g/mol. The molecule has 0 saturated heterocycles. The number of hydrogen-bond acceptors (Lipinski definition) is 6. The molecule has 71 heavy (non-hydrogen) atoms. The summed E-state index contributed by atoms with van der Waals surface area (Å²) < 4.78 is 16.9. The van der Waals surface area contributed by atoms with E-state index in [1.807, 2.05) is 0 Å². The van der Waals surface area contributed by atoms with E-state index in [1.54, 1.807) is 0 Å². The van der Waals surface area contributed by atoms with Crippen LogP contribution in [-0.2, 0) is 28.6 Å². The van der Waals surface area contributed by atoms with Gasteiger partial charge in [-0.15, -0.1) is 0 Å². The lowest BCUT2D eigenvalue weighted by atomic mass is 10.0. The first-order valence-corrected chi connectivity index (χ1v) is 29.7. The standard InChI is InChI=1S/C65H110O6/c1-4-7-10-13-16-19-22-25-28-29-30-31-32-33-34-35-38-40-43-46-49-52-55-58-64(67)70-61-62(71-65(68)59-56-53-50-47-44-41-37-27-24-21-18-15-12-9-6-3)60-69-63(66)57-54-51-48-45-42-39-36-26-23-20-17-14-11-8-5-2/h7,9-10,12,16,18-19,21,25,27-28,30-31,37,44,47,62H,4-6,8,11,13-15,17,20,22-24,26,29,32-36,38-43,45-46,48-61H2,1-3H3/b10-7-,12-9-,19-16-,21-18-,28-25-,31-30-,37-27-,47-44-. The highest BCUT2D eigenvalue weighted by atomic mass is 16.6. The van der Waals surface area contributed by atoms with Crippen LogP contribution in [0.4, 0.5) is 0 Å². The molecule has 1 atom stereocenters. The second-order valence-electron chi connectivity index (χ2n) is 19.5. The van der Waals surface area contributed by atoms with Crippen molar-refractivity contribution in [3.63, 3.8) is 0 Å². The lowest BCUT2D eigenvalue weighted by molar-refractivity contribution is -0.167. The summed E-state index contributed by atoms with van der Waals surface area (Å²) in [4.78, 5) is 38.2. The van der Waals surface area contributed by atoms with Crippen LogP contribution in [0.15, 0.2) is 97.2 Å². The first-order valence-electron chi connectivity index (χ1n) is 29.7. The van der Waals surface area contributed by atoms with Crippen molar-refractivity contribution in [2.24, 2.45) is 0 Å². The first-order chi connectivity index (χ1) is 35.0. The molecule has 0 rings (SSSR count). The van der Waals surface area contributed by atoms with Gasteiger partial charge >= 0.3 is 17.9 Å². The van der Waals surface area contributed by atoms with E-state index in [9.17, 15) is 14.4 Å². The van der Waals surface area contributed by atoms with Crippen LogP contribution in [0.1, 0.15) is 278 Å². The highest BCUT2D eigenvalue weighted by Gasteiger charge is 2.19. The molecule has 0 saturated carbocycles.